The van der Waals surface area contributed by atoms with Gasteiger partial charge in [0, 0.05) is 17.8 Å². The van der Waals surface area contributed by atoms with Crippen molar-refractivity contribution in [1.29, 1.82) is 0 Å². The van der Waals surface area contributed by atoms with Gasteiger partial charge in [-0.1, -0.05) is 0 Å². The Balaban J connectivity index is 3.07. The van der Waals surface area contributed by atoms with Crippen molar-refractivity contribution >= 4 is 11.8 Å². The fraction of sp³-hybridized carbons (Fsp3) is 1.00. The van der Waals surface area contributed by atoms with Crippen LogP contribution in [0.2, 0.25) is 0 Å². The number of rotatable bonds is 3. The van der Waals surface area contributed by atoms with E-state index < -0.39 is 0 Å². The van der Waals surface area contributed by atoms with Crippen LogP contribution in [0.25, 0.3) is 0 Å². The van der Waals surface area contributed by atoms with Crippen LogP contribution in [0.1, 0.15) is 20.8 Å². The van der Waals surface area contributed by atoms with Crippen LogP contribution in [-0.2, 0) is 0 Å². The molecule has 0 unspecified atom stereocenters. The molecule has 0 rings (SSSR count). The maximum absolute atomic E-state index is 3.40. The number of hydrogen-bond acceptors (Lipinski definition) is 2. The second-order valence-electron chi connectivity index (χ2n) is 3.17. The van der Waals surface area contributed by atoms with Crippen molar-refractivity contribution in [1.82, 2.24) is 5.32 Å². The fourth-order valence-electron chi connectivity index (χ4n) is 0.528. The van der Waals surface area contributed by atoms with E-state index in [1.54, 1.807) is 0 Å². The SMILES string of the molecule is CSCCNC(C)(C)C. The third-order valence-electron chi connectivity index (χ3n) is 0.962. The van der Waals surface area contributed by atoms with E-state index in [9.17, 15) is 0 Å². The molecule has 0 amide bonds. The Morgan fingerprint density at radius 2 is 1.89 bits per heavy atom. The Labute approximate surface area is 62.6 Å². The first-order valence-electron chi connectivity index (χ1n) is 3.30. The molecule has 0 aromatic heterocycles. The summed E-state index contributed by atoms with van der Waals surface area (Å²) < 4.78 is 0. The van der Waals surface area contributed by atoms with Crippen LogP contribution in [-0.4, -0.2) is 24.1 Å². The molecule has 0 aliphatic carbocycles. The summed E-state index contributed by atoms with van der Waals surface area (Å²) in [5, 5.41) is 3.40. The monoisotopic (exact) mass is 147 g/mol. The van der Waals surface area contributed by atoms with Crippen LogP contribution < -0.4 is 5.32 Å². The molecule has 0 aromatic rings. The van der Waals surface area contributed by atoms with Gasteiger partial charge < -0.3 is 5.32 Å². The molecule has 0 aliphatic rings. The van der Waals surface area contributed by atoms with Crippen LogP contribution in [0.15, 0.2) is 0 Å². The van der Waals surface area contributed by atoms with Crippen molar-refractivity contribution in [2.24, 2.45) is 0 Å². The lowest BCUT2D eigenvalue weighted by molar-refractivity contribution is 0.441. The largest absolute Gasteiger partial charge is 0.311 e. The summed E-state index contributed by atoms with van der Waals surface area (Å²) in [6.07, 6.45) is 2.13. The Bertz CT molecular complexity index is 65.8. The van der Waals surface area contributed by atoms with E-state index >= 15 is 0 Å². The van der Waals surface area contributed by atoms with E-state index in [-0.39, 0.29) is 5.54 Å². The molecule has 0 saturated heterocycles. The first-order chi connectivity index (χ1) is 4.06. The highest BCUT2D eigenvalue weighted by Crippen LogP contribution is 1.98. The van der Waals surface area contributed by atoms with Gasteiger partial charge >= 0.3 is 0 Å². The van der Waals surface area contributed by atoms with Gasteiger partial charge in [-0.05, 0) is 27.0 Å². The highest BCUT2D eigenvalue weighted by molar-refractivity contribution is 7.98. The summed E-state index contributed by atoms with van der Waals surface area (Å²) in [5.41, 5.74) is 0.287. The van der Waals surface area contributed by atoms with Crippen molar-refractivity contribution in [3.8, 4) is 0 Å². The molecule has 1 nitrogen and oxygen atoms in total. The molecule has 2 heteroatoms. The summed E-state index contributed by atoms with van der Waals surface area (Å²) >= 11 is 1.88. The van der Waals surface area contributed by atoms with E-state index in [0.717, 1.165) is 6.54 Å². The molecule has 1 N–H and O–H groups in total. The maximum Gasteiger partial charge on any atom is 0.00968 e. The molecule has 56 valence electrons. The molecule has 0 fully saturated rings. The third kappa shape index (κ3) is 8.31. The Hall–Kier alpha value is 0.310. The zero-order chi connectivity index (χ0) is 7.33. The van der Waals surface area contributed by atoms with Crippen molar-refractivity contribution in [2.75, 3.05) is 18.6 Å². The molecular weight excluding hydrogens is 130 g/mol. The summed E-state index contributed by atoms with van der Waals surface area (Å²) in [6.45, 7) is 7.68. The van der Waals surface area contributed by atoms with E-state index in [1.165, 1.54) is 5.75 Å². The van der Waals surface area contributed by atoms with Crippen LogP contribution in [0, 0.1) is 0 Å². The Kier molecular flexibility index (Phi) is 4.32. The molecule has 0 spiro atoms. The first kappa shape index (κ1) is 9.31. The summed E-state index contributed by atoms with van der Waals surface area (Å²) in [6, 6.07) is 0. The summed E-state index contributed by atoms with van der Waals surface area (Å²) in [4.78, 5) is 0. The minimum absolute atomic E-state index is 0.287. The van der Waals surface area contributed by atoms with Crippen LogP contribution in [0.5, 0.6) is 0 Å². The number of thioether (sulfide) groups is 1. The minimum atomic E-state index is 0.287. The summed E-state index contributed by atoms with van der Waals surface area (Å²) in [5.74, 6) is 1.21. The van der Waals surface area contributed by atoms with Crippen LogP contribution in [0.3, 0.4) is 0 Å². The van der Waals surface area contributed by atoms with Gasteiger partial charge in [-0.2, -0.15) is 11.8 Å². The van der Waals surface area contributed by atoms with Crippen molar-refractivity contribution in [2.45, 2.75) is 26.3 Å². The van der Waals surface area contributed by atoms with Crippen LogP contribution >= 0.6 is 11.8 Å². The molecule has 0 saturated carbocycles. The lowest BCUT2D eigenvalue weighted by atomic mass is 10.1. The normalized spacial score (nSPS) is 12.0. The second-order valence-corrected chi connectivity index (χ2v) is 4.16. The van der Waals surface area contributed by atoms with Gasteiger partial charge in [0.25, 0.3) is 0 Å². The first-order valence-corrected chi connectivity index (χ1v) is 4.69. The van der Waals surface area contributed by atoms with Crippen molar-refractivity contribution in [3.63, 3.8) is 0 Å². The van der Waals surface area contributed by atoms with Gasteiger partial charge in [0.1, 0.15) is 0 Å². The number of hydrogen-bond donors (Lipinski definition) is 1. The van der Waals surface area contributed by atoms with E-state index in [0.29, 0.717) is 0 Å². The van der Waals surface area contributed by atoms with Gasteiger partial charge in [0.15, 0.2) is 0 Å². The molecular formula is C7H17NS. The highest BCUT2D eigenvalue weighted by Gasteiger charge is 2.06. The lowest BCUT2D eigenvalue weighted by Gasteiger charge is -2.19. The standard InChI is InChI=1S/C7H17NS/c1-7(2,3)8-5-6-9-4/h8H,5-6H2,1-4H3. The van der Waals surface area contributed by atoms with Crippen molar-refractivity contribution < 1.29 is 0 Å². The third-order valence-corrected chi connectivity index (χ3v) is 1.57. The van der Waals surface area contributed by atoms with Gasteiger partial charge in [0.05, 0.1) is 0 Å². The fourth-order valence-corrected chi connectivity index (χ4v) is 0.834. The lowest BCUT2D eigenvalue weighted by Crippen LogP contribution is -2.37. The average molecular weight is 147 g/mol. The quantitative estimate of drug-likeness (QED) is 0.610. The summed E-state index contributed by atoms with van der Waals surface area (Å²) in [7, 11) is 0. The maximum atomic E-state index is 3.40. The van der Waals surface area contributed by atoms with Crippen molar-refractivity contribution in [3.05, 3.63) is 0 Å². The Morgan fingerprint density at radius 3 is 2.22 bits per heavy atom. The zero-order valence-electron chi connectivity index (χ0n) is 6.82. The second kappa shape index (κ2) is 4.18. The number of nitrogens with one attached hydrogen (secondary N) is 1. The molecule has 0 atom stereocenters. The van der Waals surface area contributed by atoms with E-state index in [4.69, 9.17) is 0 Å². The predicted octanol–water partition coefficient (Wildman–Crippen LogP) is 1.74. The molecule has 0 heterocycles. The molecule has 9 heavy (non-hydrogen) atoms. The molecule has 0 bridgehead atoms. The van der Waals surface area contributed by atoms with Gasteiger partial charge in [0.2, 0.25) is 0 Å². The van der Waals surface area contributed by atoms with E-state index in [2.05, 4.69) is 32.3 Å². The topological polar surface area (TPSA) is 12.0 Å². The smallest absolute Gasteiger partial charge is 0.00968 e. The predicted molar refractivity (Wildman–Crippen MR) is 46.1 cm³/mol. The molecule has 0 radical (unpaired) electrons. The van der Waals surface area contributed by atoms with Gasteiger partial charge in [-0.25, -0.2) is 0 Å². The van der Waals surface area contributed by atoms with Gasteiger partial charge in [-0.15, -0.1) is 0 Å². The minimum Gasteiger partial charge on any atom is -0.311 e. The average Bonchev–Trinajstić information content (AvgIpc) is 1.63. The molecule has 0 aromatic carbocycles. The molecule has 0 aliphatic heterocycles. The van der Waals surface area contributed by atoms with Crippen LogP contribution in [0.4, 0.5) is 0 Å². The highest BCUT2D eigenvalue weighted by atomic mass is 32.2. The Morgan fingerprint density at radius 1 is 1.33 bits per heavy atom. The van der Waals surface area contributed by atoms with E-state index in [1.807, 2.05) is 11.8 Å². The zero-order valence-corrected chi connectivity index (χ0v) is 7.64. The van der Waals surface area contributed by atoms with Gasteiger partial charge in [-0.3, -0.25) is 0 Å².